The fourth-order valence-electron chi connectivity index (χ4n) is 2.91. The molecule has 152 valence electrons. The third-order valence-electron chi connectivity index (χ3n) is 4.35. The quantitative estimate of drug-likeness (QED) is 0.473. The molecule has 0 unspecified atom stereocenters. The fourth-order valence-corrected chi connectivity index (χ4v) is 3.68. The van der Waals surface area contributed by atoms with E-state index >= 15 is 0 Å². The summed E-state index contributed by atoms with van der Waals surface area (Å²) in [7, 11) is 1.66. The molecule has 0 atom stereocenters. The zero-order valence-electron chi connectivity index (χ0n) is 16.2. The number of thioether (sulfide) groups is 1. The van der Waals surface area contributed by atoms with E-state index in [2.05, 4.69) is 37.1 Å². The van der Waals surface area contributed by atoms with E-state index in [1.165, 1.54) is 17.3 Å². The smallest absolute Gasteiger partial charge is 0.230 e. The van der Waals surface area contributed by atoms with Crippen molar-refractivity contribution in [1.29, 1.82) is 0 Å². The van der Waals surface area contributed by atoms with E-state index in [0.717, 1.165) is 30.6 Å². The maximum Gasteiger partial charge on any atom is 0.230 e. The highest BCUT2D eigenvalue weighted by molar-refractivity contribution is 7.99. The number of nitrogens with zero attached hydrogens (tertiary/aromatic N) is 4. The molecule has 0 bridgehead atoms. The first-order chi connectivity index (χ1) is 13.8. The van der Waals surface area contributed by atoms with Crippen LogP contribution in [0.25, 0.3) is 0 Å². The normalized spacial score (nSPS) is 14.2. The number of aromatic nitrogens is 3. The van der Waals surface area contributed by atoms with Crippen LogP contribution in [0.15, 0.2) is 35.5 Å². The molecule has 1 fully saturated rings. The number of benzene rings is 1. The fraction of sp³-hybridized carbons (Fsp3) is 0.526. The Hall–Kier alpha value is -2.10. The number of hydrogen-bond acceptors (Lipinski definition) is 7. The van der Waals surface area contributed by atoms with Crippen molar-refractivity contribution in [2.45, 2.75) is 18.1 Å². The molecule has 1 aliphatic rings. The van der Waals surface area contributed by atoms with Crippen molar-refractivity contribution in [1.82, 2.24) is 20.1 Å². The predicted octanol–water partition coefficient (Wildman–Crippen LogP) is 1.41. The molecule has 1 saturated heterocycles. The number of morpholine rings is 1. The van der Waals surface area contributed by atoms with Gasteiger partial charge in [-0.1, -0.05) is 42.1 Å². The largest absolute Gasteiger partial charge is 0.385 e. The van der Waals surface area contributed by atoms with E-state index < -0.39 is 0 Å². The van der Waals surface area contributed by atoms with Crippen molar-refractivity contribution in [3.8, 4) is 0 Å². The van der Waals surface area contributed by atoms with Crippen molar-refractivity contribution in [3.63, 3.8) is 0 Å². The van der Waals surface area contributed by atoms with Gasteiger partial charge in [0.2, 0.25) is 11.9 Å². The number of methoxy groups -OCH3 is 1. The summed E-state index contributed by atoms with van der Waals surface area (Å²) in [5, 5.41) is 12.4. The minimum atomic E-state index is -0.0108. The molecule has 3 rings (SSSR count). The molecule has 1 aromatic heterocycles. The Morgan fingerprint density at radius 3 is 2.79 bits per heavy atom. The highest BCUT2D eigenvalue weighted by Crippen LogP contribution is 2.24. The van der Waals surface area contributed by atoms with E-state index in [0.29, 0.717) is 38.7 Å². The number of hydrogen-bond donors (Lipinski definition) is 1. The number of rotatable bonds is 10. The van der Waals surface area contributed by atoms with Gasteiger partial charge in [0.15, 0.2) is 5.16 Å². The molecular formula is C19H27N5O3S. The summed E-state index contributed by atoms with van der Waals surface area (Å²) in [5.41, 5.74) is 1.17. The molecule has 1 N–H and O–H groups in total. The first-order valence-electron chi connectivity index (χ1n) is 9.46. The van der Waals surface area contributed by atoms with Crippen molar-refractivity contribution >= 4 is 23.6 Å². The monoisotopic (exact) mass is 405 g/mol. The molecule has 9 heteroatoms. The molecule has 8 nitrogen and oxygen atoms in total. The van der Waals surface area contributed by atoms with Crippen LogP contribution in [0, 0.1) is 0 Å². The van der Waals surface area contributed by atoms with Gasteiger partial charge in [0.25, 0.3) is 0 Å². The summed E-state index contributed by atoms with van der Waals surface area (Å²) in [5.74, 6) is 1.13. The van der Waals surface area contributed by atoms with Gasteiger partial charge in [-0.3, -0.25) is 9.36 Å². The molecule has 2 aromatic rings. The van der Waals surface area contributed by atoms with Gasteiger partial charge in [0.05, 0.1) is 25.5 Å². The standard InChI is InChI=1S/C19H27N5O3S/c1-26-11-5-8-20-17(25)15-28-19-22-21-18(23-9-12-27-13-10-23)24(19)14-16-6-3-2-4-7-16/h2-4,6-7H,5,8-15H2,1H3,(H,20,25). The summed E-state index contributed by atoms with van der Waals surface area (Å²) in [6.07, 6.45) is 0.804. The number of carbonyl (C=O) groups is 1. The molecule has 0 saturated carbocycles. The lowest BCUT2D eigenvalue weighted by molar-refractivity contribution is -0.118. The Kier molecular flexibility index (Phi) is 8.13. The third kappa shape index (κ3) is 5.95. The van der Waals surface area contributed by atoms with E-state index in [-0.39, 0.29) is 5.91 Å². The van der Waals surface area contributed by atoms with Gasteiger partial charge in [-0.2, -0.15) is 0 Å². The van der Waals surface area contributed by atoms with Gasteiger partial charge in [-0.05, 0) is 12.0 Å². The molecule has 2 heterocycles. The van der Waals surface area contributed by atoms with Crippen molar-refractivity contribution in [2.75, 3.05) is 57.2 Å². The third-order valence-corrected chi connectivity index (χ3v) is 5.32. The molecule has 0 aliphatic carbocycles. The highest BCUT2D eigenvalue weighted by atomic mass is 32.2. The van der Waals surface area contributed by atoms with Crippen LogP contribution in [0.2, 0.25) is 0 Å². The summed E-state index contributed by atoms with van der Waals surface area (Å²) in [6.45, 7) is 4.87. The van der Waals surface area contributed by atoms with Crippen molar-refractivity contribution in [3.05, 3.63) is 35.9 Å². The summed E-state index contributed by atoms with van der Waals surface area (Å²) in [4.78, 5) is 14.3. The SMILES string of the molecule is COCCCNC(=O)CSc1nnc(N2CCOCC2)n1Cc1ccccc1. The Balaban J connectivity index is 1.67. The maximum atomic E-state index is 12.1. The highest BCUT2D eigenvalue weighted by Gasteiger charge is 2.21. The van der Waals surface area contributed by atoms with Crippen LogP contribution in [-0.2, 0) is 20.8 Å². The average Bonchev–Trinajstić information content (AvgIpc) is 3.13. The van der Waals surface area contributed by atoms with Gasteiger partial charge in [0, 0.05) is 33.4 Å². The van der Waals surface area contributed by atoms with E-state index in [9.17, 15) is 4.79 Å². The summed E-state index contributed by atoms with van der Waals surface area (Å²) in [6, 6.07) is 10.2. The molecule has 1 aromatic carbocycles. The lowest BCUT2D eigenvalue weighted by Gasteiger charge is -2.28. The van der Waals surface area contributed by atoms with Crippen LogP contribution in [0.1, 0.15) is 12.0 Å². The van der Waals surface area contributed by atoms with Crippen LogP contribution in [0.4, 0.5) is 5.95 Å². The van der Waals surface area contributed by atoms with Gasteiger partial charge in [-0.15, -0.1) is 10.2 Å². The lowest BCUT2D eigenvalue weighted by atomic mass is 10.2. The van der Waals surface area contributed by atoms with Crippen LogP contribution >= 0.6 is 11.8 Å². The van der Waals surface area contributed by atoms with Crippen LogP contribution < -0.4 is 10.2 Å². The first kappa shape index (κ1) is 20.6. The minimum absolute atomic E-state index is 0.0108. The van der Waals surface area contributed by atoms with E-state index in [1.54, 1.807) is 7.11 Å². The van der Waals surface area contributed by atoms with Crippen LogP contribution in [0.3, 0.4) is 0 Å². The Bertz CT molecular complexity index is 734. The van der Waals surface area contributed by atoms with Gasteiger partial charge in [0.1, 0.15) is 0 Å². The number of ether oxygens (including phenoxy) is 2. The van der Waals surface area contributed by atoms with Gasteiger partial charge in [-0.25, -0.2) is 0 Å². The van der Waals surface area contributed by atoms with E-state index in [1.807, 2.05) is 18.2 Å². The molecule has 1 aliphatic heterocycles. The van der Waals surface area contributed by atoms with E-state index in [4.69, 9.17) is 9.47 Å². The summed E-state index contributed by atoms with van der Waals surface area (Å²) >= 11 is 1.41. The number of anilines is 1. The zero-order valence-corrected chi connectivity index (χ0v) is 17.0. The Morgan fingerprint density at radius 2 is 2.04 bits per heavy atom. The second-order valence-electron chi connectivity index (χ2n) is 6.44. The lowest BCUT2D eigenvalue weighted by Crippen LogP contribution is -2.38. The topological polar surface area (TPSA) is 81.5 Å². The molecule has 0 spiro atoms. The predicted molar refractivity (Wildman–Crippen MR) is 109 cm³/mol. The number of carbonyl (C=O) groups excluding carboxylic acids is 1. The zero-order chi connectivity index (χ0) is 19.6. The molecule has 1 amide bonds. The molecule has 0 radical (unpaired) electrons. The minimum Gasteiger partial charge on any atom is -0.385 e. The van der Waals surface area contributed by atoms with Crippen molar-refractivity contribution < 1.29 is 14.3 Å². The van der Waals surface area contributed by atoms with Gasteiger partial charge < -0.3 is 19.7 Å². The maximum absolute atomic E-state index is 12.1. The number of nitrogens with one attached hydrogen (secondary N) is 1. The van der Waals surface area contributed by atoms with Crippen molar-refractivity contribution in [2.24, 2.45) is 0 Å². The number of amides is 1. The average molecular weight is 406 g/mol. The second kappa shape index (κ2) is 11.0. The van der Waals surface area contributed by atoms with Crippen LogP contribution in [0.5, 0.6) is 0 Å². The molecule has 28 heavy (non-hydrogen) atoms. The molecular weight excluding hydrogens is 378 g/mol. The first-order valence-corrected chi connectivity index (χ1v) is 10.4. The Labute approximate surface area is 169 Å². The van der Waals surface area contributed by atoms with Gasteiger partial charge >= 0.3 is 0 Å². The Morgan fingerprint density at radius 1 is 1.25 bits per heavy atom. The summed E-state index contributed by atoms with van der Waals surface area (Å²) < 4.78 is 12.5. The second-order valence-corrected chi connectivity index (χ2v) is 7.38. The van der Waals surface area contributed by atoms with Crippen LogP contribution in [-0.4, -0.2) is 73.0 Å².